The van der Waals surface area contributed by atoms with Gasteiger partial charge in [-0.05, 0) is 49.6 Å². The van der Waals surface area contributed by atoms with Gasteiger partial charge in [0.2, 0.25) is 5.91 Å². The molecule has 192 valence electrons. The van der Waals surface area contributed by atoms with Crippen LogP contribution in [0.4, 0.5) is 5.69 Å². The molecule has 36 heavy (non-hydrogen) atoms. The lowest BCUT2D eigenvalue weighted by Crippen LogP contribution is -2.49. The van der Waals surface area contributed by atoms with Crippen molar-refractivity contribution in [2.75, 3.05) is 4.72 Å². The molecule has 3 aromatic rings. The Morgan fingerprint density at radius 1 is 1.06 bits per heavy atom. The smallest absolute Gasteiger partial charge is 0.475 e. The summed E-state index contributed by atoms with van der Waals surface area (Å²) < 4.78 is 28.6. The van der Waals surface area contributed by atoms with Crippen molar-refractivity contribution in [2.45, 2.75) is 48.2 Å². The van der Waals surface area contributed by atoms with Crippen LogP contribution >= 0.6 is 23.4 Å². The Balaban J connectivity index is 1.92. The molecule has 5 N–H and O–H groups in total. The van der Waals surface area contributed by atoms with Crippen LogP contribution in [-0.4, -0.2) is 47.8 Å². The number of fused-ring (bicyclic) bond motifs is 1. The lowest BCUT2D eigenvalue weighted by atomic mass is 9.75. The molecule has 0 aliphatic heterocycles. The highest BCUT2D eigenvalue weighted by Crippen LogP contribution is 2.42. The minimum atomic E-state index is -3.97. The minimum Gasteiger partial charge on any atom is -0.506 e. The monoisotopic (exact) mass is 550 g/mol. The van der Waals surface area contributed by atoms with E-state index in [0.29, 0.717) is 22.2 Å². The van der Waals surface area contributed by atoms with E-state index in [0.717, 1.165) is 11.8 Å². The molecular weight excluding hydrogens is 523 g/mol. The quantitative estimate of drug-likeness (QED) is 0.146. The van der Waals surface area contributed by atoms with Crippen LogP contribution in [0.5, 0.6) is 5.75 Å². The number of phenolic OH excluding ortho intramolecular Hbond substituents is 1. The molecule has 0 aromatic heterocycles. The number of halogens is 1. The first kappa shape index (κ1) is 28.1. The molecule has 0 heterocycles. The first-order chi connectivity index (χ1) is 16.9. The highest BCUT2D eigenvalue weighted by molar-refractivity contribution is 8.00. The topological polar surface area (TPSA) is 136 Å². The fraction of sp³-hybridized carbons (Fsp3) is 0.292. The number of anilines is 1. The van der Waals surface area contributed by atoms with Crippen molar-refractivity contribution in [3.05, 3.63) is 59.6 Å². The molecule has 0 saturated carbocycles. The summed E-state index contributed by atoms with van der Waals surface area (Å²) >= 11 is 6.91. The molecule has 0 saturated heterocycles. The Bertz CT molecular complexity index is 1340. The zero-order valence-corrected chi connectivity index (χ0v) is 22.4. The van der Waals surface area contributed by atoms with E-state index in [9.17, 15) is 28.4 Å². The van der Waals surface area contributed by atoms with Crippen molar-refractivity contribution in [1.29, 1.82) is 0 Å². The summed E-state index contributed by atoms with van der Waals surface area (Å²) in [6, 6.07) is 14.0. The van der Waals surface area contributed by atoms with Gasteiger partial charge in [0, 0.05) is 15.8 Å². The lowest BCUT2D eigenvalue weighted by Gasteiger charge is -2.22. The minimum absolute atomic E-state index is 0.0183. The van der Waals surface area contributed by atoms with E-state index in [-0.39, 0.29) is 27.1 Å². The highest BCUT2D eigenvalue weighted by Gasteiger charge is 2.29. The number of phenols is 1. The second-order valence-corrected chi connectivity index (χ2v) is 12.3. The predicted molar refractivity (Wildman–Crippen MR) is 145 cm³/mol. The second-order valence-electron chi connectivity index (χ2n) is 8.79. The first-order valence-corrected chi connectivity index (χ1v) is 14.0. The van der Waals surface area contributed by atoms with Crippen molar-refractivity contribution < 1.29 is 28.4 Å². The number of benzene rings is 3. The number of amides is 1. The average molecular weight is 551 g/mol. The Hall–Kier alpha value is -2.44. The van der Waals surface area contributed by atoms with Gasteiger partial charge in [-0.1, -0.05) is 49.7 Å². The molecule has 0 aliphatic rings. The molecule has 0 aliphatic carbocycles. The molecule has 12 heteroatoms. The van der Waals surface area contributed by atoms with Crippen LogP contribution < -0.4 is 10.0 Å². The number of carbonyl (C=O) groups is 1. The summed E-state index contributed by atoms with van der Waals surface area (Å²) in [5, 5.41) is 33.4. The van der Waals surface area contributed by atoms with Gasteiger partial charge in [-0.25, -0.2) is 8.42 Å². The van der Waals surface area contributed by atoms with E-state index in [1.807, 2.05) is 13.8 Å². The largest absolute Gasteiger partial charge is 0.506 e. The number of sulfonamides is 1. The Morgan fingerprint density at radius 2 is 1.67 bits per heavy atom. The van der Waals surface area contributed by atoms with Gasteiger partial charge >= 0.3 is 7.12 Å². The van der Waals surface area contributed by atoms with Crippen molar-refractivity contribution in [2.24, 2.45) is 5.92 Å². The van der Waals surface area contributed by atoms with Gasteiger partial charge in [-0.2, -0.15) is 0 Å². The van der Waals surface area contributed by atoms with Crippen LogP contribution in [0.15, 0.2) is 64.4 Å². The standard InChI is InChI=1S/C24H28BClN2O6S2/c1-14(2)12-22(25(31)32)27-24(30)15(3)35-21-13-20(18-6-4-5-7-19(18)23(21)29)28-36(33,34)17-10-8-16(26)9-11-17/h4-11,13-15,22,28-29,31-32H,12H2,1-3H3,(H,27,30)/t15?,22-/m0/s1. The maximum Gasteiger partial charge on any atom is 0.475 e. The van der Waals surface area contributed by atoms with E-state index < -0.39 is 34.2 Å². The van der Waals surface area contributed by atoms with Gasteiger partial charge in [-0.15, -0.1) is 11.8 Å². The molecular formula is C24H28BClN2O6S2. The van der Waals surface area contributed by atoms with E-state index in [4.69, 9.17) is 11.6 Å². The van der Waals surface area contributed by atoms with Crippen molar-refractivity contribution in [3.63, 3.8) is 0 Å². The highest BCUT2D eigenvalue weighted by atomic mass is 35.5. The summed E-state index contributed by atoms with van der Waals surface area (Å²) in [6.07, 6.45) is 0.374. The molecule has 0 radical (unpaired) electrons. The third kappa shape index (κ3) is 6.86. The van der Waals surface area contributed by atoms with Crippen molar-refractivity contribution >= 4 is 62.9 Å². The average Bonchev–Trinajstić information content (AvgIpc) is 2.81. The molecule has 1 amide bonds. The lowest BCUT2D eigenvalue weighted by molar-refractivity contribution is -0.120. The van der Waals surface area contributed by atoms with E-state index in [1.165, 1.54) is 30.3 Å². The summed E-state index contributed by atoms with van der Waals surface area (Å²) in [7, 11) is -5.68. The SMILES string of the molecule is CC(C)C[C@H](NC(=O)C(C)Sc1cc(NS(=O)(=O)c2ccc(Cl)cc2)c2ccccc2c1O)B(O)O. The zero-order chi connectivity index (χ0) is 26.6. The Morgan fingerprint density at radius 3 is 2.25 bits per heavy atom. The van der Waals surface area contributed by atoms with Crippen LogP contribution in [0.3, 0.4) is 0 Å². The van der Waals surface area contributed by atoms with Crippen LogP contribution in [0.1, 0.15) is 27.2 Å². The molecule has 0 spiro atoms. The number of hydrogen-bond donors (Lipinski definition) is 5. The maximum atomic E-state index is 13.0. The molecule has 2 atom stereocenters. The number of rotatable bonds is 10. The fourth-order valence-electron chi connectivity index (χ4n) is 3.63. The first-order valence-electron chi connectivity index (χ1n) is 11.2. The van der Waals surface area contributed by atoms with Gasteiger partial charge in [0.15, 0.2) is 0 Å². The summed E-state index contributed by atoms with van der Waals surface area (Å²) in [4.78, 5) is 13.1. The summed E-state index contributed by atoms with van der Waals surface area (Å²) in [5.74, 6) is -1.26. The number of aromatic hydroxyl groups is 1. The maximum absolute atomic E-state index is 13.0. The van der Waals surface area contributed by atoms with Gasteiger partial charge < -0.3 is 20.5 Å². The van der Waals surface area contributed by atoms with Crippen LogP contribution in [0.2, 0.25) is 5.02 Å². The molecule has 0 fully saturated rings. The van der Waals surface area contributed by atoms with Crippen molar-refractivity contribution in [3.8, 4) is 5.75 Å². The fourth-order valence-corrected chi connectivity index (χ4v) is 5.79. The molecule has 8 nitrogen and oxygen atoms in total. The molecule has 3 rings (SSSR count). The third-order valence-electron chi connectivity index (χ3n) is 5.44. The van der Waals surface area contributed by atoms with Crippen molar-refractivity contribution in [1.82, 2.24) is 5.32 Å². The Kier molecular flexibility index (Phi) is 9.18. The van der Waals surface area contributed by atoms with E-state index in [1.54, 1.807) is 31.2 Å². The van der Waals surface area contributed by atoms with Crippen LogP contribution in [0, 0.1) is 5.92 Å². The van der Waals surface area contributed by atoms with E-state index >= 15 is 0 Å². The van der Waals surface area contributed by atoms with E-state index in [2.05, 4.69) is 10.0 Å². The molecule has 1 unspecified atom stereocenters. The van der Waals surface area contributed by atoms with Crippen LogP contribution in [-0.2, 0) is 14.8 Å². The number of hydrogen-bond acceptors (Lipinski definition) is 7. The Labute approximate surface area is 220 Å². The normalized spacial score (nSPS) is 13.4. The molecule has 3 aromatic carbocycles. The van der Waals surface area contributed by atoms with Gasteiger partial charge in [0.25, 0.3) is 10.0 Å². The number of thioether (sulfide) groups is 1. The predicted octanol–water partition coefficient (Wildman–Crippen LogP) is 4.02. The van der Waals surface area contributed by atoms with Gasteiger partial charge in [-0.3, -0.25) is 9.52 Å². The number of carbonyl (C=O) groups excluding carboxylic acids is 1. The molecule has 0 bridgehead atoms. The third-order valence-corrected chi connectivity index (χ3v) is 8.20. The number of nitrogens with one attached hydrogen (secondary N) is 2. The van der Waals surface area contributed by atoms with Crippen LogP contribution in [0.25, 0.3) is 10.8 Å². The van der Waals surface area contributed by atoms with Gasteiger partial charge in [0.05, 0.1) is 26.7 Å². The van der Waals surface area contributed by atoms with Gasteiger partial charge in [0.1, 0.15) is 5.75 Å². The summed E-state index contributed by atoms with van der Waals surface area (Å²) in [6.45, 7) is 5.42. The summed E-state index contributed by atoms with van der Waals surface area (Å²) in [5.41, 5.74) is 0.233. The second kappa shape index (κ2) is 11.7. The zero-order valence-electron chi connectivity index (χ0n) is 20.0.